The summed E-state index contributed by atoms with van der Waals surface area (Å²) < 4.78 is 0. The molecule has 2 heterocycles. The topological polar surface area (TPSA) is 44.4 Å². The fourth-order valence-corrected chi connectivity index (χ4v) is 2.54. The summed E-state index contributed by atoms with van der Waals surface area (Å²) in [6.07, 6.45) is 5.01. The number of carbonyl (C=O) groups is 1. The van der Waals surface area contributed by atoms with Crippen LogP contribution in [0.4, 0.5) is 0 Å². The third kappa shape index (κ3) is 4.82. The van der Waals surface area contributed by atoms with Crippen LogP contribution in [0.25, 0.3) is 0 Å². The number of amides is 1. The van der Waals surface area contributed by atoms with Crippen molar-refractivity contribution in [1.29, 1.82) is 0 Å². The molecule has 0 radical (unpaired) electrons. The van der Waals surface area contributed by atoms with Crippen molar-refractivity contribution in [3.63, 3.8) is 0 Å². The molecule has 0 aromatic carbocycles. The Labute approximate surface area is 110 Å². The molecule has 1 atom stereocenters. The van der Waals surface area contributed by atoms with E-state index in [2.05, 4.69) is 15.5 Å². The van der Waals surface area contributed by atoms with E-state index < -0.39 is 0 Å². The maximum atomic E-state index is 11.7. The molecule has 5 heteroatoms. The van der Waals surface area contributed by atoms with Gasteiger partial charge < -0.3 is 15.5 Å². The maximum absolute atomic E-state index is 11.7. The van der Waals surface area contributed by atoms with Crippen LogP contribution in [0.2, 0.25) is 0 Å². The van der Waals surface area contributed by atoms with Gasteiger partial charge in [-0.25, -0.2) is 0 Å². The van der Waals surface area contributed by atoms with Crippen molar-refractivity contribution in [3.05, 3.63) is 0 Å². The lowest BCUT2D eigenvalue weighted by molar-refractivity contribution is -0.124. The highest BCUT2D eigenvalue weighted by atomic mass is 35.5. The Balaban J connectivity index is 0.00000144. The molecule has 2 fully saturated rings. The summed E-state index contributed by atoms with van der Waals surface area (Å²) in [6, 6.07) is 0. The zero-order chi connectivity index (χ0) is 11.2. The second-order valence-corrected chi connectivity index (χ2v) is 4.88. The zero-order valence-corrected chi connectivity index (χ0v) is 11.2. The van der Waals surface area contributed by atoms with Crippen LogP contribution in [-0.2, 0) is 4.79 Å². The Morgan fingerprint density at radius 3 is 2.71 bits per heavy atom. The minimum atomic E-state index is 0. The minimum Gasteiger partial charge on any atom is -0.355 e. The van der Waals surface area contributed by atoms with E-state index >= 15 is 0 Å². The van der Waals surface area contributed by atoms with Gasteiger partial charge in [0.1, 0.15) is 0 Å². The Bertz CT molecular complexity index is 226. The molecule has 2 N–H and O–H groups in total. The van der Waals surface area contributed by atoms with Gasteiger partial charge in [-0.05, 0) is 38.9 Å². The van der Waals surface area contributed by atoms with Crippen molar-refractivity contribution in [3.8, 4) is 0 Å². The summed E-state index contributed by atoms with van der Waals surface area (Å²) in [6.45, 7) is 6.10. The molecule has 0 aromatic rings. The number of rotatable bonds is 4. The van der Waals surface area contributed by atoms with Gasteiger partial charge in [0.15, 0.2) is 0 Å². The zero-order valence-electron chi connectivity index (χ0n) is 10.4. The average Bonchev–Trinajstić information content (AvgIpc) is 2.84. The number of carbonyl (C=O) groups excluding carboxylic acids is 1. The molecule has 2 aliphatic rings. The highest BCUT2D eigenvalue weighted by molar-refractivity contribution is 5.85. The van der Waals surface area contributed by atoms with Gasteiger partial charge in [0.2, 0.25) is 5.91 Å². The predicted molar refractivity (Wildman–Crippen MR) is 71.5 cm³/mol. The van der Waals surface area contributed by atoms with Crippen molar-refractivity contribution in [2.24, 2.45) is 5.92 Å². The summed E-state index contributed by atoms with van der Waals surface area (Å²) in [4.78, 5) is 14.2. The first-order valence-electron chi connectivity index (χ1n) is 6.57. The summed E-state index contributed by atoms with van der Waals surface area (Å²) in [5, 5.41) is 6.27. The van der Waals surface area contributed by atoms with Crippen LogP contribution in [-0.4, -0.2) is 50.1 Å². The van der Waals surface area contributed by atoms with Crippen LogP contribution in [0.3, 0.4) is 0 Å². The number of nitrogens with one attached hydrogen (secondary N) is 2. The lowest BCUT2D eigenvalue weighted by atomic mass is 10.1. The lowest BCUT2D eigenvalue weighted by Crippen LogP contribution is -2.40. The molecule has 0 spiro atoms. The molecule has 100 valence electrons. The van der Waals surface area contributed by atoms with E-state index in [1.54, 1.807) is 0 Å². The standard InChI is InChI=1S/C12H23N3O.ClH/c16-12(11-4-5-13-10-11)14-6-9-15-7-2-1-3-8-15;/h11,13H,1-10H2,(H,14,16);1H/t11-;/m1./s1. The van der Waals surface area contributed by atoms with Gasteiger partial charge in [-0.1, -0.05) is 6.42 Å². The van der Waals surface area contributed by atoms with E-state index in [9.17, 15) is 4.79 Å². The Kier molecular flexibility index (Phi) is 6.85. The van der Waals surface area contributed by atoms with E-state index in [0.29, 0.717) is 0 Å². The minimum absolute atomic E-state index is 0. The first kappa shape index (κ1) is 14.7. The van der Waals surface area contributed by atoms with Crippen LogP contribution in [0, 0.1) is 5.92 Å². The fourth-order valence-electron chi connectivity index (χ4n) is 2.54. The van der Waals surface area contributed by atoms with Crippen molar-refractivity contribution in [1.82, 2.24) is 15.5 Å². The molecule has 2 saturated heterocycles. The molecule has 1 amide bonds. The fraction of sp³-hybridized carbons (Fsp3) is 0.917. The van der Waals surface area contributed by atoms with Crippen LogP contribution < -0.4 is 10.6 Å². The van der Waals surface area contributed by atoms with Gasteiger partial charge in [-0.2, -0.15) is 0 Å². The van der Waals surface area contributed by atoms with Crippen molar-refractivity contribution >= 4 is 18.3 Å². The van der Waals surface area contributed by atoms with Crippen LogP contribution in [0.15, 0.2) is 0 Å². The third-order valence-electron chi connectivity index (χ3n) is 3.61. The Hall–Kier alpha value is -0.320. The molecule has 0 bridgehead atoms. The van der Waals surface area contributed by atoms with E-state index in [4.69, 9.17) is 0 Å². The first-order chi connectivity index (χ1) is 7.86. The van der Waals surface area contributed by atoms with Crippen LogP contribution >= 0.6 is 12.4 Å². The van der Waals surface area contributed by atoms with Crippen LogP contribution in [0.5, 0.6) is 0 Å². The summed E-state index contributed by atoms with van der Waals surface area (Å²) in [5.41, 5.74) is 0. The van der Waals surface area contributed by atoms with Gasteiger partial charge >= 0.3 is 0 Å². The molecule has 0 aromatic heterocycles. The van der Waals surface area contributed by atoms with E-state index in [-0.39, 0.29) is 24.2 Å². The Morgan fingerprint density at radius 1 is 1.29 bits per heavy atom. The van der Waals surface area contributed by atoms with E-state index in [1.165, 1.54) is 32.4 Å². The molecule has 2 rings (SSSR count). The average molecular weight is 262 g/mol. The molecular formula is C12H24ClN3O. The summed E-state index contributed by atoms with van der Waals surface area (Å²) in [5.74, 6) is 0.448. The molecule has 2 aliphatic heterocycles. The quantitative estimate of drug-likeness (QED) is 0.780. The van der Waals surface area contributed by atoms with Crippen LogP contribution in [0.1, 0.15) is 25.7 Å². The van der Waals surface area contributed by atoms with Gasteiger partial charge in [-0.15, -0.1) is 12.4 Å². The van der Waals surface area contributed by atoms with Crippen molar-refractivity contribution < 1.29 is 4.79 Å². The van der Waals surface area contributed by atoms with Gasteiger partial charge in [0.25, 0.3) is 0 Å². The smallest absolute Gasteiger partial charge is 0.224 e. The number of hydrogen-bond acceptors (Lipinski definition) is 3. The van der Waals surface area contributed by atoms with Crippen molar-refractivity contribution in [2.45, 2.75) is 25.7 Å². The SMILES string of the molecule is Cl.O=C(NCCN1CCCCC1)[C@@H]1CCNC1. The number of piperidine rings is 1. The number of likely N-dealkylation sites (tertiary alicyclic amines) is 1. The predicted octanol–water partition coefficient (Wildman–Crippen LogP) is 0.620. The number of halogens is 1. The highest BCUT2D eigenvalue weighted by Crippen LogP contribution is 2.08. The third-order valence-corrected chi connectivity index (χ3v) is 3.61. The monoisotopic (exact) mass is 261 g/mol. The number of hydrogen-bond donors (Lipinski definition) is 2. The number of nitrogens with zero attached hydrogens (tertiary/aromatic N) is 1. The van der Waals surface area contributed by atoms with Gasteiger partial charge in [0.05, 0.1) is 5.92 Å². The summed E-state index contributed by atoms with van der Waals surface area (Å²) >= 11 is 0. The first-order valence-corrected chi connectivity index (χ1v) is 6.57. The molecular weight excluding hydrogens is 238 g/mol. The largest absolute Gasteiger partial charge is 0.355 e. The second kappa shape index (κ2) is 7.90. The van der Waals surface area contributed by atoms with E-state index in [0.717, 1.165) is 32.6 Å². The van der Waals surface area contributed by atoms with E-state index in [1.807, 2.05) is 0 Å². The van der Waals surface area contributed by atoms with Gasteiger partial charge in [-0.3, -0.25) is 4.79 Å². The molecule has 4 nitrogen and oxygen atoms in total. The maximum Gasteiger partial charge on any atom is 0.224 e. The summed E-state index contributed by atoms with van der Waals surface area (Å²) in [7, 11) is 0. The van der Waals surface area contributed by atoms with Crippen molar-refractivity contribution in [2.75, 3.05) is 39.3 Å². The molecule has 0 aliphatic carbocycles. The van der Waals surface area contributed by atoms with Gasteiger partial charge in [0, 0.05) is 19.6 Å². The molecule has 17 heavy (non-hydrogen) atoms. The normalized spacial score (nSPS) is 25.3. The highest BCUT2D eigenvalue weighted by Gasteiger charge is 2.21. The Morgan fingerprint density at radius 2 is 2.06 bits per heavy atom. The molecule has 0 saturated carbocycles. The lowest BCUT2D eigenvalue weighted by Gasteiger charge is -2.26. The molecule has 0 unspecified atom stereocenters. The second-order valence-electron chi connectivity index (χ2n) is 4.88.